The average molecular weight is 417 g/mol. The summed E-state index contributed by atoms with van der Waals surface area (Å²) in [7, 11) is 0. The molecule has 4 heteroatoms. The van der Waals surface area contributed by atoms with Crippen LogP contribution in [-0.4, -0.2) is 28.8 Å². The normalized spacial score (nSPS) is 16.5. The van der Waals surface area contributed by atoms with Crippen LogP contribution in [-0.2, 0) is 13.0 Å². The highest BCUT2D eigenvalue weighted by Gasteiger charge is 2.27. The Hall–Kier alpha value is -2.56. The lowest BCUT2D eigenvalue weighted by Gasteiger charge is -2.30. The Morgan fingerprint density at radius 2 is 1.87 bits per heavy atom. The highest BCUT2D eigenvalue weighted by molar-refractivity contribution is 7.12. The maximum absolute atomic E-state index is 12.8. The first kappa shape index (κ1) is 20.7. The summed E-state index contributed by atoms with van der Waals surface area (Å²) in [5, 5.41) is 2.07. The lowest BCUT2D eigenvalue weighted by atomic mass is 9.87. The summed E-state index contributed by atoms with van der Waals surface area (Å²) in [4.78, 5) is 20.8. The molecule has 1 aromatic carbocycles. The van der Waals surface area contributed by atoms with Gasteiger partial charge in [-0.15, -0.1) is 11.3 Å². The maximum atomic E-state index is 12.8. The van der Waals surface area contributed by atoms with E-state index in [1.165, 1.54) is 22.3 Å². The van der Waals surface area contributed by atoms with Gasteiger partial charge in [0.25, 0.3) is 0 Å². The molecule has 0 amide bonds. The number of piperidine rings is 1. The SMILES string of the molecule is C.Cc1ccnc(CN2CCC(=C3c4ccccc4CC(=O)c4sccc43)CC2)c1. The molecular weight excluding hydrogens is 388 g/mol. The fraction of sp³-hybridized carbons (Fsp3) is 0.308. The molecule has 3 aromatic rings. The maximum Gasteiger partial charge on any atom is 0.177 e. The third-order valence-electron chi connectivity index (χ3n) is 6.00. The lowest BCUT2D eigenvalue weighted by Crippen LogP contribution is -2.31. The fourth-order valence-electron chi connectivity index (χ4n) is 4.57. The zero-order chi connectivity index (χ0) is 19.8. The van der Waals surface area contributed by atoms with E-state index in [9.17, 15) is 4.79 Å². The van der Waals surface area contributed by atoms with Crippen LogP contribution in [0.5, 0.6) is 0 Å². The molecule has 1 aliphatic heterocycles. The monoisotopic (exact) mass is 416 g/mol. The van der Waals surface area contributed by atoms with Gasteiger partial charge in [0, 0.05) is 37.8 Å². The lowest BCUT2D eigenvalue weighted by molar-refractivity contribution is 0.0997. The summed E-state index contributed by atoms with van der Waals surface area (Å²) in [6, 6.07) is 14.8. The topological polar surface area (TPSA) is 33.2 Å². The summed E-state index contributed by atoms with van der Waals surface area (Å²) >= 11 is 1.59. The molecule has 2 aliphatic rings. The van der Waals surface area contributed by atoms with Crippen molar-refractivity contribution < 1.29 is 4.79 Å². The van der Waals surface area contributed by atoms with E-state index in [0.29, 0.717) is 6.42 Å². The molecule has 30 heavy (non-hydrogen) atoms. The minimum Gasteiger partial charge on any atom is -0.297 e. The molecule has 1 fully saturated rings. The van der Waals surface area contributed by atoms with E-state index in [2.05, 4.69) is 52.5 Å². The summed E-state index contributed by atoms with van der Waals surface area (Å²) in [5.74, 6) is 0.251. The molecule has 154 valence electrons. The molecule has 0 saturated carbocycles. The first-order chi connectivity index (χ1) is 14.2. The fourth-order valence-corrected chi connectivity index (χ4v) is 5.41. The Bertz CT molecular complexity index is 1100. The van der Waals surface area contributed by atoms with Crippen molar-refractivity contribution in [1.82, 2.24) is 9.88 Å². The average Bonchev–Trinajstić information content (AvgIpc) is 3.16. The number of carbonyl (C=O) groups is 1. The number of likely N-dealkylation sites (tertiary alicyclic amines) is 1. The molecule has 0 atom stereocenters. The van der Waals surface area contributed by atoms with Crippen molar-refractivity contribution in [1.29, 1.82) is 0 Å². The number of benzene rings is 1. The molecule has 0 unspecified atom stereocenters. The van der Waals surface area contributed by atoms with Gasteiger partial charge in [-0.2, -0.15) is 0 Å². The smallest absolute Gasteiger partial charge is 0.177 e. The quantitative estimate of drug-likeness (QED) is 0.519. The van der Waals surface area contributed by atoms with Gasteiger partial charge < -0.3 is 0 Å². The van der Waals surface area contributed by atoms with E-state index < -0.39 is 0 Å². The number of rotatable bonds is 2. The first-order valence-corrected chi connectivity index (χ1v) is 11.1. The van der Waals surface area contributed by atoms with Gasteiger partial charge in [0.1, 0.15) is 0 Å². The standard InChI is InChI=1S/C25H24N2OS.CH4/c1-17-6-10-26-20(14-17)16-27-11-7-18(8-12-27)24-21-5-3-2-4-19(21)15-23(28)25-22(24)9-13-29-25;/h2-6,9-10,13-14H,7-8,11-12,15-16H2,1H3;1H4. The van der Waals surface area contributed by atoms with Crippen LogP contribution >= 0.6 is 11.3 Å². The van der Waals surface area contributed by atoms with Gasteiger partial charge in [0.2, 0.25) is 0 Å². The van der Waals surface area contributed by atoms with Crippen LogP contribution in [0.1, 0.15) is 57.9 Å². The summed E-state index contributed by atoms with van der Waals surface area (Å²) in [6.45, 7) is 5.09. The molecule has 3 heterocycles. The number of thiophene rings is 1. The number of carbonyl (C=O) groups excluding carboxylic acids is 1. The van der Waals surface area contributed by atoms with Crippen molar-refractivity contribution in [2.75, 3.05) is 13.1 Å². The Morgan fingerprint density at radius 1 is 1.07 bits per heavy atom. The zero-order valence-corrected chi connectivity index (χ0v) is 17.5. The van der Waals surface area contributed by atoms with E-state index in [1.54, 1.807) is 11.3 Å². The van der Waals surface area contributed by atoms with Crippen LogP contribution in [0, 0.1) is 6.92 Å². The van der Waals surface area contributed by atoms with Crippen molar-refractivity contribution in [2.45, 2.75) is 40.2 Å². The molecule has 2 aromatic heterocycles. The summed E-state index contributed by atoms with van der Waals surface area (Å²) < 4.78 is 0. The van der Waals surface area contributed by atoms with Gasteiger partial charge in [-0.05, 0) is 65.6 Å². The Morgan fingerprint density at radius 3 is 2.67 bits per heavy atom. The molecular formula is C26H28N2OS. The molecule has 3 nitrogen and oxygen atoms in total. The molecule has 0 radical (unpaired) electrons. The molecule has 5 rings (SSSR count). The Labute approximate surface area is 183 Å². The predicted octanol–water partition coefficient (Wildman–Crippen LogP) is 5.92. The van der Waals surface area contributed by atoms with Crippen molar-refractivity contribution >= 4 is 22.7 Å². The number of hydrogen-bond acceptors (Lipinski definition) is 4. The minimum atomic E-state index is 0. The van der Waals surface area contributed by atoms with E-state index in [4.69, 9.17) is 0 Å². The van der Waals surface area contributed by atoms with Crippen LogP contribution in [0.25, 0.3) is 5.57 Å². The third-order valence-corrected chi connectivity index (χ3v) is 6.95. The second-order valence-corrected chi connectivity index (χ2v) is 8.92. The summed E-state index contributed by atoms with van der Waals surface area (Å²) in [5.41, 5.74) is 8.77. The van der Waals surface area contributed by atoms with Crippen molar-refractivity contribution in [3.05, 3.63) is 92.4 Å². The van der Waals surface area contributed by atoms with E-state index >= 15 is 0 Å². The van der Waals surface area contributed by atoms with E-state index in [-0.39, 0.29) is 13.2 Å². The second kappa shape index (κ2) is 8.66. The number of pyridine rings is 1. The predicted molar refractivity (Wildman–Crippen MR) is 125 cm³/mol. The van der Waals surface area contributed by atoms with Crippen LogP contribution < -0.4 is 0 Å². The van der Waals surface area contributed by atoms with E-state index in [0.717, 1.165) is 54.2 Å². The van der Waals surface area contributed by atoms with Gasteiger partial charge in [-0.25, -0.2) is 0 Å². The van der Waals surface area contributed by atoms with Crippen molar-refractivity contribution in [3.8, 4) is 0 Å². The minimum absolute atomic E-state index is 0. The Balaban J connectivity index is 0.00000218. The number of ketones is 1. The van der Waals surface area contributed by atoms with Crippen LogP contribution in [0.15, 0.2) is 59.6 Å². The largest absolute Gasteiger partial charge is 0.297 e. The second-order valence-electron chi connectivity index (χ2n) is 8.00. The van der Waals surface area contributed by atoms with Crippen LogP contribution in [0.2, 0.25) is 0 Å². The molecule has 0 bridgehead atoms. The van der Waals surface area contributed by atoms with Gasteiger partial charge in [0.05, 0.1) is 10.6 Å². The third kappa shape index (κ3) is 3.90. The molecule has 0 N–H and O–H groups in total. The molecule has 1 aliphatic carbocycles. The number of nitrogens with zero attached hydrogens (tertiary/aromatic N) is 2. The van der Waals surface area contributed by atoms with Gasteiger partial charge in [-0.1, -0.05) is 37.3 Å². The number of Topliss-reactive ketones (excluding diaryl/α,β-unsaturated/α-hetero) is 1. The van der Waals surface area contributed by atoms with Crippen molar-refractivity contribution in [2.24, 2.45) is 0 Å². The highest BCUT2D eigenvalue weighted by Crippen LogP contribution is 2.40. The Kier molecular flexibility index (Phi) is 5.98. The zero-order valence-electron chi connectivity index (χ0n) is 16.6. The number of fused-ring (bicyclic) bond motifs is 2. The number of aromatic nitrogens is 1. The van der Waals surface area contributed by atoms with Crippen molar-refractivity contribution in [3.63, 3.8) is 0 Å². The number of hydrogen-bond donors (Lipinski definition) is 0. The first-order valence-electron chi connectivity index (χ1n) is 10.2. The van der Waals surface area contributed by atoms with Crippen LogP contribution in [0.4, 0.5) is 0 Å². The molecule has 1 saturated heterocycles. The van der Waals surface area contributed by atoms with Crippen LogP contribution in [0.3, 0.4) is 0 Å². The van der Waals surface area contributed by atoms with Gasteiger partial charge in [-0.3, -0.25) is 14.7 Å². The van der Waals surface area contributed by atoms with Gasteiger partial charge in [0.15, 0.2) is 5.78 Å². The number of aryl methyl sites for hydroxylation is 1. The van der Waals surface area contributed by atoms with E-state index in [1.807, 2.05) is 18.3 Å². The van der Waals surface area contributed by atoms with Gasteiger partial charge >= 0.3 is 0 Å². The summed E-state index contributed by atoms with van der Waals surface area (Å²) in [6.07, 6.45) is 4.49. The highest BCUT2D eigenvalue weighted by atomic mass is 32.1. The molecule has 0 spiro atoms.